The number of carbonyl (C=O) groups is 1. The summed E-state index contributed by atoms with van der Waals surface area (Å²) in [5.74, 6) is -0.699. The van der Waals surface area contributed by atoms with Gasteiger partial charge in [-0.05, 0) is 6.08 Å². The molecule has 2 heterocycles. The Bertz CT molecular complexity index is 721. The van der Waals surface area contributed by atoms with Crippen molar-refractivity contribution in [3.8, 4) is 0 Å². The Morgan fingerprint density at radius 1 is 1.43 bits per heavy atom. The van der Waals surface area contributed by atoms with Crippen molar-refractivity contribution in [2.45, 2.75) is 24.5 Å². The summed E-state index contributed by atoms with van der Waals surface area (Å²) in [5, 5.41) is 28.7. The van der Waals surface area contributed by atoms with E-state index in [0.29, 0.717) is 0 Å². The highest BCUT2D eigenvalue weighted by Gasteiger charge is 2.43. The second-order valence-corrected chi connectivity index (χ2v) is 4.84. The molecule has 1 saturated heterocycles. The lowest BCUT2D eigenvalue weighted by Gasteiger charge is -2.17. The number of methoxy groups -OCH3 is 1. The van der Waals surface area contributed by atoms with Gasteiger partial charge in [0.1, 0.15) is 18.3 Å². The van der Waals surface area contributed by atoms with E-state index in [4.69, 9.17) is 9.84 Å². The molecule has 10 heteroatoms. The van der Waals surface area contributed by atoms with Crippen LogP contribution in [-0.2, 0) is 14.3 Å². The van der Waals surface area contributed by atoms with Crippen molar-refractivity contribution in [1.29, 1.82) is 0 Å². The maximum absolute atomic E-state index is 11.9. The van der Waals surface area contributed by atoms with Crippen LogP contribution >= 0.6 is 0 Å². The molecule has 1 aliphatic heterocycles. The first-order valence-electron chi connectivity index (χ1n) is 6.63. The molecule has 1 aromatic heterocycles. The molecule has 1 aromatic rings. The number of aromatic amines is 1. The maximum Gasteiger partial charge on any atom is 0.330 e. The molecule has 0 spiro atoms. The highest BCUT2D eigenvalue weighted by molar-refractivity contribution is 5.86. The number of aromatic nitrogens is 2. The van der Waals surface area contributed by atoms with Gasteiger partial charge in [0.25, 0.3) is 5.56 Å². The zero-order chi connectivity index (χ0) is 17.1. The van der Waals surface area contributed by atoms with E-state index in [2.05, 4.69) is 4.74 Å². The summed E-state index contributed by atoms with van der Waals surface area (Å²) >= 11 is 0. The van der Waals surface area contributed by atoms with Crippen LogP contribution in [0.4, 0.5) is 0 Å². The molecule has 0 unspecified atom stereocenters. The highest BCUT2D eigenvalue weighted by atomic mass is 16.6. The maximum atomic E-state index is 11.9. The predicted octanol–water partition coefficient (Wildman–Crippen LogP) is -2.67. The quantitative estimate of drug-likeness (QED) is 0.345. The number of H-pyrrole nitrogens is 1. The first-order valence-corrected chi connectivity index (χ1v) is 6.63. The first kappa shape index (κ1) is 17.1. The van der Waals surface area contributed by atoms with E-state index in [1.165, 1.54) is 0 Å². The number of rotatable bonds is 4. The summed E-state index contributed by atoms with van der Waals surface area (Å²) in [6.07, 6.45) is -2.05. The van der Waals surface area contributed by atoms with Crippen molar-refractivity contribution >= 4 is 12.0 Å². The fraction of sp³-hybridized carbons (Fsp3) is 0.462. The summed E-state index contributed by atoms with van der Waals surface area (Å²) in [6, 6.07) is 0. The lowest BCUT2D eigenvalue weighted by molar-refractivity contribution is -0.134. The van der Waals surface area contributed by atoms with Gasteiger partial charge < -0.3 is 24.8 Å². The molecular formula is C13H16N2O8. The molecule has 4 atom stereocenters. The molecule has 0 radical (unpaired) electrons. The number of nitrogens with zero attached hydrogens (tertiary/aromatic N) is 1. The monoisotopic (exact) mass is 328 g/mol. The Hall–Kier alpha value is -2.27. The minimum atomic E-state index is -1.48. The van der Waals surface area contributed by atoms with E-state index >= 15 is 0 Å². The average Bonchev–Trinajstić information content (AvgIpc) is 2.81. The number of esters is 1. The van der Waals surface area contributed by atoms with Crippen molar-refractivity contribution in [3.05, 3.63) is 38.7 Å². The van der Waals surface area contributed by atoms with Crippen LogP contribution in [0.3, 0.4) is 0 Å². The Kier molecular flexibility index (Phi) is 5.11. The normalized spacial score (nSPS) is 27.5. The summed E-state index contributed by atoms with van der Waals surface area (Å²) in [6.45, 7) is -0.554. The number of aliphatic hydroxyl groups excluding tert-OH is 3. The number of ether oxygens (including phenoxy) is 2. The predicted molar refractivity (Wildman–Crippen MR) is 75.4 cm³/mol. The second kappa shape index (κ2) is 6.87. The van der Waals surface area contributed by atoms with E-state index in [1.54, 1.807) is 0 Å². The first-order chi connectivity index (χ1) is 10.9. The number of carbonyl (C=O) groups excluding carboxylic acids is 1. The molecule has 2 rings (SSSR count). The largest absolute Gasteiger partial charge is 0.466 e. The van der Waals surface area contributed by atoms with Gasteiger partial charge in [0, 0.05) is 12.3 Å². The van der Waals surface area contributed by atoms with Gasteiger partial charge in [-0.25, -0.2) is 9.59 Å². The molecule has 0 aromatic carbocycles. The van der Waals surface area contributed by atoms with Crippen molar-refractivity contribution in [1.82, 2.24) is 9.55 Å². The molecule has 23 heavy (non-hydrogen) atoms. The van der Waals surface area contributed by atoms with Crippen molar-refractivity contribution in [2.24, 2.45) is 0 Å². The van der Waals surface area contributed by atoms with Gasteiger partial charge in [0.15, 0.2) is 6.23 Å². The average molecular weight is 328 g/mol. The van der Waals surface area contributed by atoms with Crippen LogP contribution in [0.25, 0.3) is 6.08 Å². The molecule has 1 aliphatic rings. The van der Waals surface area contributed by atoms with Crippen LogP contribution in [0.2, 0.25) is 0 Å². The minimum absolute atomic E-state index is 0.0623. The second-order valence-electron chi connectivity index (χ2n) is 4.84. The van der Waals surface area contributed by atoms with Gasteiger partial charge in [-0.3, -0.25) is 14.3 Å². The van der Waals surface area contributed by atoms with Gasteiger partial charge in [-0.15, -0.1) is 0 Å². The molecule has 1 fully saturated rings. The van der Waals surface area contributed by atoms with Gasteiger partial charge in [-0.1, -0.05) is 0 Å². The topological polar surface area (TPSA) is 151 Å². The van der Waals surface area contributed by atoms with Gasteiger partial charge in [0.2, 0.25) is 0 Å². The van der Waals surface area contributed by atoms with Crippen LogP contribution in [-0.4, -0.2) is 62.9 Å². The van der Waals surface area contributed by atoms with Gasteiger partial charge >= 0.3 is 11.7 Å². The molecule has 10 nitrogen and oxygen atoms in total. The fourth-order valence-corrected chi connectivity index (χ4v) is 2.14. The van der Waals surface area contributed by atoms with E-state index in [0.717, 1.165) is 30.0 Å². The van der Waals surface area contributed by atoms with E-state index in [1.807, 2.05) is 4.98 Å². The third-order valence-electron chi connectivity index (χ3n) is 3.39. The fourth-order valence-electron chi connectivity index (χ4n) is 2.14. The van der Waals surface area contributed by atoms with Gasteiger partial charge in [-0.2, -0.15) is 0 Å². The third kappa shape index (κ3) is 3.40. The van der Waals surface area contributed by atoms with Crippen LogP contribution in [0.1, 0.15) is 11.8 Å². The lowest BCUT2D eigenvalue weighted by atomic mass is 10.1. The van der Waals surface area contributed by atoms with E-state index < -0.39 is 48.4 Å². The van der Waals surface area contributed by atoms with E-state index in [-0.39, 0.29) is 5.56 Å². The smallest absolute Gasteiger partial charge is 0.330 e. The summed E-state index contributed by atoms with van der Waals surface area (Å²) in [7, 11) is 1.16. The summed E-state index contributed by atoms with van der Waals surface area (Å²) in [4.78, 5) is 36.7. The minimum Gasteiger partial charge on any atom is -0.466 e. The van der Waals surface area contributed by atoms with Crippen molar-refractivity contribution in [2.75, 3.05) is 13.7 Å². The highest BCUT2D eigenvalue weighted by Crippen LogP contribution is 2.27. The number of nitrogens with one attached hydrogen (secondary N) is 1. The van der Waals surface area contributed by atoms with Crippen LogP contribution in [0.5, 0.6) is 0 Å². The Morgan fingerprint density at radius 2 is 2.13 bits per heavy atom. The molecule has 0 saturated carbocycles. The summed E-state index contributed by atoms with van der Waals surface area (Å²) < 4.78 is 10.5. The molecule has 0 bridgehead atoms. The zero-order valence-electron chi connectivity index (χ0n) is 12.1. The van der Waals surface area contributed by atoms with Crippen molar-refractivity contribution in [3.63, 3.8) is 0 Å². The van der Waals surface area contributed by atoms with Crippen LogP contribution in [0, 0.1) is 0 Å². The Labute approximate surface area is 129 Å². The van der Waals surface area contributed by atoms with Crippen LogP contribution < -0.4 is 11.2 Å². The summed E-state index contributed by atoms with van der Waals surface area (Å²) in [5.41, 5.74) is -1.69. The Balaban J connectivity index is 2.40. The Morgan fingerprint density at radius 3 is 2.70 bits per heavy atom. The van der Waals surface area contributed by atoms with Crippen LogP contribution in [0.15, 0.2) is 21.9 Å². The lowest BCUT2D eigenvalue weighted by Crippen LogP contribution is -2.38. The van der Waals surface area contributed by atoms with Crippen molar-refractivity contribution < 1.29 is 29.6 Å². The van der Waals surface area contributed by atoms with Gasteiger partial charge in [0.05, 0.1) is 19.3 Å². The molecule has 0 amide bonds. The molecule has 126 valence electrons. The third-order valence-corrected chi connectivity index (χ3v) is 3.39. The molecule has 0 aliphatic carbocycles. The van der Waals surface area contributed by atoms with E-state index in [9.17, 15) is 24.6 Å². The number of hydrogen-bond donors (Lipinski definition) is 4. The molecule has 4 N–H and O–H groups in total. The zero-order valence-corrected chi connectivity index (χ0v) is 12.1. The SMILES string of the molecule is COC(=O)/C=C/c1cn([C@@H]2O[C@H](CO)[C@@H](O)[C@H]2O)c(=O)[nH]c1=O. The standard InChI is InChI=1S/C13H16N2O8/c1-22-8(17)3-2-6-4-15(13(21)14-11(6)20)12-10(19)9(18)7(5-16)23-12/h2-4,7,9-10,12,16,18-19H,5H2,1H3,(H,14,20,21)/b3-2+/t7-,9-,10-,12-/m1/s1. The number of hydrogen-bond acceptors (Lipinski definition) is 8. The number of aliphatic hydroxyl groups is 3. The molecular weight excluding hydrogens is 312 g/mol.